The summed E-state index contributed by atoms with van der Waals surface area (Å²) in [7, 11) is -2.68. The van der Waals surface area contributed by atoms with Crippen molar-refractivity contribution in [3.63, 3.8) is 0 Å². The van der Waals surface area contributed by atoms with Crippen molar-refractivity contribution in [3.05, 3.63) is 60.3 Å². The molecule has 2 aromatic carbocycles. The van der Waals surface area contributed by atoms with E-state index in [2.05, 4.69) is 24.4 Å². The van der Waals surface area contributed by atoms with Crippen LogP contribution in [0.15, 0.2) is 68.3 Å². The average molecular weight is 499 g/mol. The van der Waals surface area contributed by atoms with Crippen molar-refractivity contribution in [1.82, 2.24) is 9.97 Å². The molecule has 3 rings (SSSR count). The number of aliphatic hydroxyl groups is 1. The summed E-state index contributed by atoms with van der Waals surface area (Å²) in [5, 5.41) is 16.6. The molecule has 0 spiro atoms. The van der Waals surface area contributed by atoms with Crippen LogP contribution in [0.4, 0.5) is 17.5 Å². The monoisotopic (exact) mass is 499 g/mol. The topological polar surface area (TPSA) is 117 Å². The van der Waals surface area contributed by atoms with Gasteiger partial charge in [0.15, 0.2) is 0 Å². The van der Waals surface area contributed by atoms with Gasteiger partial charge in [0.1, 0.15) is 13.7 Å². The molecule has 11 heteroatoms. The normalized spacial score (nSPS) is 13.9. The van der Waals surface area contributed by atoms with Gasteiger partial charge in [-0.3, -0.25) is 0 Å². The summed E-state index contributed by atoms with van der Waals surface area (Å²) in [6.45, 7) is 7.27. The molecular formula is C23H30BN5O3S2. The lowest BCUT2D eigenvalue weighted by molar-refractivity contribution is 0.0648. The van der Waals surface area contributed by atoms with Crippen LogP contribution >= 0.6 is 0 Å². The Bertz CT molecular complexity index is 1290. The summed E-state index contributed by atoms with van der Waals surface area (Å²) >= 11 is 0. The van der Waals surface area contributed by atoms with Gasteiger partial charge >= 0.3 is 0 Å². The SMILES string of the molecule is Bc1cnc(Nc2ccc(S(C)=NS(=O)(=O)c3ccc(C)cc3)cc2)nc1N[C@H](C)C(C)(C)O. The van der Waals surface area contributed by atoms with Gasteiger partial charge in [0.2, 0.25) is 5.95 Å². The van der Waals surface area contributed by atoms with Crippen LogP contribution in [0.25, 0.3) is 0 Å². The summed E-state index contributed by atoms with van der Waals surface area (Å²) in [6, 6.07) is 13.8. The summed E-state index contributed by atoms with van der Waals surface area (Å²) in [5.41, 5.74) is 1.71. The number of aromatic nitrogens is 2. The Balaban J connectivity index is 1.75. The summed E-state index contributed by atoms with van der Waals surface area (Å²) < 4.78 is 29.3. The summed E-state index contributed by atoms with van der Waals surface area (Å²) in [4.78, 5) is 9.84. The molecule has 1 heterocycles. The smallest absolute Gasteiger partial charge is 0.288 e. The van der Waals surface area contributed by atoms with Crippen molar-refractivity contribution in [2.24, 2.45) is 3.77 Å². The van der Waals surface area contributed by atoms with Gasteiger partial charge in [0.05, 0.1) is 16.5 Å². The van der Waals surface area contributed by atoms with Crippen LogP contribution < -0.4 is 16.1 Å². The molecule has 0 aliphatic carbocycles. The first kappa shape index (κ1) is 25.9. The zero-order valence-electron chi connectivity index (χ0n) is 20.2. The van der Waals surface area contributed by atoms with Crippen LogP contribution in [0.3, 0.4) is 0 Å². The van der Waals surface area contributed by atoms with E-state index in [9.17, 15) is 13.5 Å². The molecule has 180 valence electrons. The fraction of sp³-hybridized carbons (Fsp3) is 0.304. The fourth-order valence-corrected chi connectivity index (χ4v) is 5.71. The Kier molecular flexibility index (Phi) is 7.79. The molecule has 0 saturated heterocycles. The third kappa shape index (κ3) is 6.65. The van der Waals surface area contributed by atoms with Gasteiger partial charge in [0, 0.05) is 16.8 Å². The van der Waals surface area contributed by atoms with E-state index in [-0.39, 0.29) is 10.9 Å². The second-order valence-corrected chi connectivity index (χ2v) is 12.2. The molecule has 0 aliphatic heterocycles. The van der Waals surface area contributed by atoms with Gasteiger partial charge in [-0.15, -0.1) is 3.77 Å². The van der Waals surface area contributed by atoms with Crippen molar-refractivity contribution >= 4 is 51.5 Å². The lowest BCUT2D eigenvalue weighted by Crippen LogP contribution is -2.40. The standard InChI is InChI=1S/C23H30BN5O3S2/c1-15-6-12-19(13-7-15)34(31,32)29-33(5)18-10-8-17(9-11-18)27-22-25-14-20(24)21(28-22)26-16(2)23(3,4)30/h6-14,16,30H,24H2,1-5H3,(H2,25,26,27,28)/t16-,33?/m1/s1. The molecule has 1 aromatic heterocycles. The molecule has 34 heavy (non-hydrogen) atoms. The Morgan fingerprint density at radius 3 is 2.32 bits per heavy atom. The third-order valence-electron chi connectivity index (χ3n) is 5.36. The van der Waals surface area contributed by atoms with Crippen molar-refractivity contribution < 1.29 is 13.5 Å². The maximum Gasteiger partial charge on any atom is 0.288 e. The second kappa shape index (κ2) is 10.2. The highest BCUT2D eigenvalue weighted by atomic mass is 32.3. The van der Waals surface area contributed by atoms with Crippen LogP contribution in [-0.2, 0) is 20.7 Å². The molecule has 0 saturated carbocycles. The molecule has 0 amide bonds. The van der Waals surface area contributed by atoms with Crippen LogP contribution in [0.2, 0.25) is 0 Å². The Morgan fingerprint density at radius 2 is 1.74 bits per heavy atom. The number of aryl methyl sites for hydroxylation is 1. The van der Waals surface area contributed by atoms with Gasteiger partial charge in [0.25, 0.3) is 10.0 Å². The minimum absolute atomic E-state index is 0.190. The van der Waals surface area contributed by atoms with Crippen molar-refractivity contribution in [2.45, 2.75) is 49.1 Å². The molecule has 8 nitrogen and oxygen atoms in total. The van der Waals surface area contributed by atoms with Crippen LogP contribution in [0, 0.1) is 6.92 Å². The van der Waals surface area contributed by atoms with E-state index >= 15 is 0 Å². The first-order valence-corrected chi connectivity index (χ1v) is 13.8. The molecule has 3 aromatic rings. The van der Waals surface area contributed by atoms with E-state index in [1.165, 1.54) is 0 Å². The van der Waals surface area contributed by atoms with E-state index in [0.717, 1.165) is 21.6 Å². The van der Waals surface area contributed by atoms with E-state index < -0.39 is 26.3 Å². The Hall–Kier alpha value is -2.76. The van der Waals surface area contributed by atoms with Crippen LogP contribution in [0.5, 0.6) is 0 Å². The number of benzene rings is 2. The molecule has 0 bridgehead atoms. The van der Waals surface area contributed by atoms with Crippen molar-refractivity contribution in [3.8, 4) is 0 Å². The Morgan fingerprint density at radius 1 is 1.12 bits per heavy atom. The van der Waals surface area contributed by atoms with Gasteiger partial charge in [-0.05, 0) is 75.8 Å². The summed E-state index contributed by atoms with van der Waals surface area (Å²) in [6.07, 6.45) is 3.49. The van der Waals surface area contributed by atoms with E-state index in [1.807, 2.05) is 46.0 Å². The average Bonchev–Trinajstić information content (AvgIpc) is 2.76. The molecule has 1 unspecified atom stereocenters. The van der Waals surface area contributed by atoms with E-state index in [0.29, 0.717) is 11.8 Å². The number of nitrogens with one attached hydrogen (secondary N) is 2. The predicted molar refractivity (Wildman–Crippen MR) is 142 cm³/mol. The first-order valence-electron chi connectivity index (χ1n) is 10.8. The lowest BCUT2D eigenvalue weighted by atomic mass is 9.96. The van der Waals surface area contributed by atoms with Gasteiger partial charge in [-0.25, -0.2) is 4.98 Å². The number of rotatable bonds is 8. The zero-order chi connectivity index (χ0) is 25.1. The van der Waals surface area contributed by atoms with Gasteiger partial charge < -0.3 is 15.7 Å². The minimum Gasteiger partial charge on any atom is -0.388 e. The molecule has 0 aliphatic rings. The summed E-state index contributed by atoms with van der Waals surface area (Å²) in [5.74, 6) is 1.05. The fourth-order valence-electron chi connectivity index (χ4n) is 2.84. The molecule has 2 atom stereocenters. The first-order chi connectivity index (χ1) is 15.8. The van der Waals surface area contributed by atoms with E-state index in [1.54, 1.807) is 50.6 Å². The Labute approximate surface area is 204 Å². The van der Waals surface area contributed by atoms with Crippen LogP contribution in [-0.4, -0.2) is 49.2 Å². The molecular weight excluding hydrogens is 469 g/mol. The lowest BCUT2D eigenvalue weighted by Gasteiger charge is -2.27. The molecule has 0 radical (unpaired) electrons. The van der Waals surface area contributed by atoms with Gasteiger partial charge in [-0.1, -0.05) is 28.4 Å². The molecule has 3 N–H and O–H groups in total. The maximum atomic E-state index is 12.6. The van der Waals surface area contributed by atoms with E-state index in [4.69, 9.17) is 0 Å². The van der Waals surface area contributed by atoms with Crippen molar-refractivity contribution in [1.29, 1.82) is 0 Å². The highest BCUT2D eigenvalue weighted by molar-refractivity contribution is 7.99. The van der Waals surface area contributed by atoms with Crippen molar-refractivity contribution in [2.75, 3.05) is 16.9 Å². The largest absolute Gasteiger partial charge is 0.388 e. The highest BCUT2D eigenvalue weighted by Crippen LogP contribution is 2.20. The minimum atomic E-state index is -3.74. The number of anilines is 3. The van der Waals surface area contributed by atoms with Gasteiger partial charge in [-0.2, -0.15) is 13.4 Å². The number of hydrogen-bond donors (Lipinski definition) is 3. The maximum absolute atomic E-state index is 12.6. The second-order valence-electron chi connectivity index (χ2n) is 8.73. The zero-order valence-corrected chi connectivity index (χ0v) is 21.8. The third-order valence-corrected chi connectivity index (χ3v) is 8.87. The highest BCUT2D eigenvalue weighted by Gasteiger charge is 2.23. The van der Waals surface area contributed by atoms with Crippen LogP contribution in [0.1, 0.15) is 26.3 Å². The quantitative estimate of drug-likeness (QED) is 0.408. The predicted octanol–water partition coefficient (Wildman–Crippen LogP) is 2.54. The molecule has 0 fully saturated rings. The number of nitrogens with zero attached hydrogens (tertiary/aromatic N) is 3. The number of sulfonamides is 1. The number of hydrogen-bond acceptors (Lipinski definition) is 7.